The zero-order chi connectivity index (χ0) is 25.4. The number of aliphatic carboxylic acids is 1. The smallest absolute Gasteiger partial charge is 0.334 e. The van der Waals surface area contributed by atoms with Gasteiger partial charge >= 0.3 is 11.9 Å². The van der Waals surface area contributed by atoms with Crippen LogP contribution in [-0.4, -0.2) is 34.9 Å². The highest BCUT2D eigenvalue weighted by Crippen LogP contribution is 2.88. The maximum Gasteiger partial charge on any atom is 0.334 e. The van der Waals surface area contributed by atoms with E-state index in [4.69, 9.17) is 4.74 Å². The number of hydrogen-bond donors (Lipinski definition) is 2. The molecule has 0 radical (unpaired) electrons. The molecular formula is C30H44O5. The summed E-state index contributed by atoms with van der Waals surface area (Å²) in [5.74, 6) is 0.747. The molecule has 1 saturated heterocycles. The van der Waals surface area contributed by atoms with Crippen molar-refractivity contribution in [3.8, 4) is 0 Å². The fourth-order valence-electron chi connectivity index (χ4n) is 10.4. The molecule has 4 aliphatic carbocycles. The Balaban J connectivity index is 1.44. The molecular weight excluding hydrogens is 440 g/mol. The maximum atomic E-state index is 12.6. The minimum absolute atomic E-state index is 0.00349. The van der Waals surface area contributed by atoms with E-state index in [2.05, 4.69) is 33.4 Å². The standard InChI is InChI=1S/C30H44O5/c1-18(16-31)7-6-8-19(2)21-9-11-28(5)23-15-22-25(20(3)26(34)35-22)30(12-10-24(32)33)17-29(23,30)14-13-27(21,28)4/h7,19,21-23,25,31H,3,6,8-17H2,1-2,4-5H3,(H,32,33). The monoisotopic (exact) mass is 484 g/mol. The summed E-state index contributed by atoms with van der Waals surface area (Å²) in [6.07, 6.45) is 11.7. The summed E-state index contributed by atoms with van der Waals surface area (Å²) in [7, 11) is 0. The predicted molar refractivity (Wildman–Crippen MR) is 134 cm³/mol. The third kappa shape index (κ3) is 3.29. The fourth-order valence-corrected chi connectivity index (χ4v) is 10.4. The van der Waals surface area contributed by atoms with E-state index in [0.717, 1.165) is 37.7 Å². The van der Waals surface area contributed by atoms with Gasteiger partial charge in [-0.25, -0.2) is 4.79 Å². The summed E-state index contributed by atoms with van der Waals surface area (Å²) >= 11 is 0. The van der Waals surface area contributed by atoms with E-state index in [-0.39, 0.29) is 52.7 Å². The van der Waals surface area contributed by atoms with Gasteiger partial charge in [-0.15, -0.1) is 0 Å². The molecule has 5 rings (SSSR count). The zero-order valence-corrected chi connectivity index (χ0v) is 22.1. The lowest BCUT2D eigenvalue weighted by Crippen LogP contribution is -2.56. The summed E-state index contributed by atoms with van der Waals surface area (Å²) in [4.78, 5) is 24.2. The normalized spacial score (nSPS) is 46.8. The second-order valence-electron chi connectivity index (χ2n) is 13.4. The fraction of sp³-hybridized carbons (Fsp3) is 0.800. The number of rotatable bonds is 8. The molecule has 5 heteroatoms. The summed E-state index contributed by atoms with van der Waals surface area (Å²) in [6.45, 7) is 13.7. The van der Waals surface area contributed by atoms with Gasteiger partial charge in [-0.2, -0.15) is 0 Å². The van der Waals surface area contributed by atoms with E-state index in [1.165, 1.54) is 19.3 Å². The van der Waals surface area contributed by atoms with Crippen LogP contribution in [0.3, 0.4) is 0 Å². The Morgan fingerprint density at radius 3 is 2.69 bits per heavy atom. The molecule has 0 aromatic heterocycles. The van der Waals surface area contributed by atoms with Crippen molar-refractivity contribution in [3.05, 3.63) is 23.8 Å². The SMILES string of the molecule is C=C1C(=O)OC2CC3C4(C)CCC(C(C)CCC=C(C)CO)C4(C)CCC34CC4(CCC(=O)O)C12. The highest BCUT2D eigenvalue weighted by atomic mass is 16.6. The molecule has 1 aliphatic heterocycles. The lowest BCUT2D eigenvalue weighted by Gasteiger charge is -2.61. The van der Waals surface area contributed by atoms with Crippen molar-refractivity contribution in [2.45, 2.75) is 98.0 Å². The first-order valence-corrected chi connectivity index (χ1v) is 13.8. The molecule has 2 N–H and O–H groups in total. The summed E-state index contributed by atoms with van der Waals surface area (Å²) in [5, 5.41) is 18.9. The van der Waals surface area contributed by atoms with Gasteiger partial charge in [0, 0.05) is 17.9 Å². The number of hydrogen-bond acceptors (Lipinski definition) is 4. The van der Waals surface area contributed by atoms with E-state index in [1.807, 2.05) is 6.92 Å². The van der Waals surface area contributed by atoms with Gasteiger partial charge in [0.15, 0.2) is 0 Å². The van der Waals surface area contributed by atoms with Crippen LogP contribution >= 0.6 is 0 Å². The highest BCUT2D eigenvalue weighted by Gasteiger charge is 2.83. The van der Waals surface area contributed by atoms with E-state index in [0.29, 0.717) is 29.7 Å². The lowest BCUT2D eigenvalue weighted by atomic mass is 9.43. The van der Waals surface area contributed by atoms with Crippen molar-refractivity contribution in [2.75, 3.05) is 6.61 Å². The molecule has 0 aromatic carbocycles. The Kier molecular flexibility index (Phi) is 5.86. The molecule has 0 bridgehead atoms. The average Bonchev–Trinajstić information content (AvgIpc) is 3.27. The second kappa shape index (κ2) is 8.19. The van der Waals surface area contributed by atoms with Gasteiger partial charge in [-0.3, -0.25) is 4.79 Å². The van der Waals surface area contributed by atoms with Gasteiger partial charge in [-0.05, 0) is 104 Å². The topological polar surface area (TPSA) is 83.8 Å². The van der Waals surface area contributed by atoms with Crippen molar-refractivity contribution >= 4 is 11.9 Å². The van der Waals surface area contributed by atoms with Crippen LogP contribution in [0, 0.1) is 45.3 Å². The number of fused-ring (bicyclic) bond motifs is 4. The minimum Gasteiger partial charge on any atom is -0.481 e. The predicted octanol–water partition coefficient (Wildman–Crippen LogP) is 5.92. The quantitative estimate of drug-likeness (QED) is 0.254. The van der Waals surface area contributed by atoms with Crippen molar-refractivity contribution in [1.29, 1.82) is 0 Å². The molecule has 4 saturated carbocycles. The Labute approximate surface area is 210 Å². The lowest BCUT2D eigenvalue weighted by molar-refractivity contribution is -0.158. The number of aliphatic hydroxyl groups is 1. The first-order chi connectivity index (χ1) is 16.5. The number of carboxylic acid groups (broad SMARTS) is 1. The molecule has 0 amide bonds. The van der Waals surface area contributed by atoms with Crippen molar-refractivity contribution < 1.29 is 24.5 Å². The first kappa shape index (κ1) is 25.0. The van der Waals surface area contributed by atoms with Crippen molar-refractivity contribution in [2.24, 2.45) is 45.3 Å². The van der Waals surface area contributed by atoms with Crippen molar-refractivity contribution in [3.63, 3.8) is 0 Å². The van der Waals surface area contributed by atoms with Crippen LogP contribution in [0.1, 0.15) is 91.9 Å². The Hall–Kier alpha value is -1.62. The van der Waals surface area contributed by atoms with Crippen LogP contribution < -0.4 is 0 Å². The molecule has 9 unspecified atom stereocenters. The van der Waals surface area contributed by atoms with Crippen LogP contribution in [0.5, 0.6) is 0 Å². The molecule has 9 atom stereocenters. The number of ether oxygens (including phenoxy) is 1. The first-order valence-electron chi connectivity index (χ1n) is 13.8. The molecule has 1 heterocycles. The molecule has 5 nitrogen and oxygen atoms in total. The van der Waals surface area contributed by atoms with Crippen LogP contribution in [0.15, 0.2) is 23.8 Å². The third-order valence-corrected chi connectivity index (χ3v) is 12.3. The van der Waals surface area contributed by atoms with E-state index >= 15 is 0 Å². The Morgan fingerprint density at radius 1 is 1.26 bits per heavy atom. The van der Waals surface area contributed by atoms with Gasteiger partial charge in [0.25, 0.3) is 0 Å². The number of aliphatic hydroxyl groups excluding tert-OH is 1. The molecule has 5 aliphatic rings. The molecule has 1 spiro atoms. The summed E-state index contributed by atoms with van der Waals surface area (Å²) in [5.41, 5.74) is 2.06. The maximum absolute atomic E-state index is 12.6. The number of carbonyl (C=O) groups excluding carboxylic acids is 1. The number of esters is 1. The molecule has 0 aromatic rings. The zero-order valence-electron chi connectivity index (χ0n) is 22.1. The third-order valence-electron chi connectivity index (χ3n) is 12.3. The van der Waals surface area contributed by atoms with Gasteiger partial charge in [0.2, 0.25) is 0 Å². The second-order valence-corrected chi connectivity index (χ2v) is 13.4. The van der Waals surface area contributed by atoms with E-state index < -0.39 is 5.97 Å². The van der Waals surface area contributed by atoms with Gasteiger partial charge in [0.1, 0.15) is 6.10 Å². The molecule has 35 heavy (non-hydrogen) atoms. The summed E-state index contributed by atoms with van der Waals surface area (Å²) in [6, 6.07) is 0. The van der Waals surface area contributed by atoms with Crippen molar-refractivity contribution in [1.82, 2.24) is 0 Å². The number of carboxylic acids is 1. The van der Waals surface area contributed by atoms with Gasteiger partial charge in [-0.1, -0.05) is 39.0 Å². The molecule has 5 fully saturated rings. The average molecular weight is 485 g/mol. The Morgan fingerprint density at radius 2 is 2.00 bits per heavy atom. The van der Waals surface area contributed by atoms with Gasteiger partial charge in [0.05, 0.1) is 6.61 Å². The van der Waals surface area contributed by atoms with Crippen LogP contribution in [0.4, 0.5) is 0 Å². The van der Waals surface area contributed by atoms with Crippen LogP contribution in [-0.2, 0) is 14.3 Å². The number of allylic oxidation sites excluding steroid dienone is 1. The van der Waals surface area contributed by atoms with Crippen LogP contribution in [0.2, 0.25) is 0 Å². The highest BCUT2D eigenvalue weighted by molar-refractivity contribution is 5.91. The minimum atomic E-state index is -0.747. The van der Waals surface area contributed by atoms with Crippen LogP contribution in [0.25, 0.3) is 0 Å². The van der Waals surface area contributed by atoms with E-state index in [9.17, 15) is 19.8 Å². The van der Waals surface area contributed by atoms with Gasteiger partial charge < -0.3 is 14.9 Å². The van der Waals surface area contributed by atoms with E-state index in [1.54, 1.807) is 0 Å². The summed E-state index contributed by atoms with van der Waals surface area (Å²) < 4.78 is 5.93. The molecule has 194 valence electrons. The Bertz CT molecular complexity index is 968. The largest absolute Gasteiger partial charge is 0.481 e. The number of carbonyl (C=O) groups is 2.